The normalized spacial score (nSPS) is 15.3. The number of para-hydroxylation sites is 1. The van der Waals surface area contributed by atoms with Crippen molar-refractivity contribution >= 4 is 17.6 Å². The quantitative estimate of drug-likeness (QED) is 0.772. The van der Waals surface area contributed by atoms with Crippen LogP contribution in [0.1, 0.15) is 22.8 Å². The lowest BCUT2D eigenvalue weighted by molar-refractivity contribution is -0.122. The molecule has 2 aromatic rings. The zero-order valence-electron chi connectivity index (χ0n) is 15.0. The summed E-state index contributed by atoms with van der Waals surface area (Å²) in [5.74, 6) is 0.0416. The molecule has 1 aliphatic rings. The Morgan fingerprint density at radius 1 is 1.12 bits per heavy atom. The average Bonchev–Trinajstić information content (AvgIpc) is 3.00. The highest BCUT2D eigenvalue weighted by molar-refractivity contribution is 5.99. The summed E-state index contributed by atoms with van der Waals surface area (Å²) in [5.41, 5.74) is 2.25. The molecular formula is C20H21NO5. The van der Waals surface area contributed by atoms with Crippen LogP contribution in [0.2, 0.25) is 0 Å². The first-order valence-electron chi connectivity index (χ1n) is 8.34. The van der Waals surface area contributed by atoms with Gasteiger partial charge >= 0.3 is 5.97 Å². The third kappa shape index (κ3) is 3.35. The minimum Gasteiger partial charge on any atom is -0.497 e. The number of hydrogen-bond acceptors (Lipinski definition) is 5. The first kappa shape index (κ1) is 17.8. The van der Waals surface area contributed by atoms with E-state index >= 15 is 0 Å². The molecule has 3 rings (SSSR count). The van der Waals surface area contributed by atoms with Crippen LogP contribution >= 0.6 is 0 Å². The van der Waals surface area contributed by atoms with Gasteiger partial charge in [0.1, 0.15) is 17.1 Å². The van der Waals surface area contributed by atoms with E-state index in [0.29, 0.717) is 11.5 Å². The maximum absolute atomic E-state index is 12.6. The molecule has 1 unspecified atom stereocenters. The van der Waals surface area contributed by atoms with Crippen LogP contribution in [0.15, 0.2) is 42.5 Å². The molecule has 0 radical (unpaired) electrons. The van der Waals surface area contributed by atoms with Crippen molar-refractivity contribution < 1.29 is 23.8 Å². The molecule has 0 aliphatic carbocycles. The number of hydrogen-bond donors (Lipinski definition) is 0. The molecule has 0 saturated heterocycles. The Balaban J connectivity index is 1.69. The van der Waals surface area contributed by atoms with Crippen LogP contribution in [0.3, 0.4) is 0 Å². The molecule has 0 spiro atoms. The molecule has 0 N–H and O–H groups in total. The van der Waals surface area contributed by atoms with Gasteiger partial charge < -0.3 is 19.1 Å². The molecule has 0 fully saturated rings. The number of fused-ring (bicyclic) bond motifs is 1. The summed E-state index contributed by atoms with van der Waals surface area (Å²) in [6, 6.07) is 12.6. The van der Waals surface area contributed by atoms with Gasteiger partial charge in [0.25, 0.3) is 5.91 Å². The number of esters is 1. The van der Waals surface area contributed by atoms with Gasteiger partial charge in [-0.3, -0.25) is 4.79 Å². The van der Waals surface area contributed by atoms with Gasteiger partial charge in [0.2, 0.25) is 0 Å². The molecule has 136 valence electrons. The van der Waals surface area contributed by atoms with Crippen LogP contribution in [-0.4, -0.2) is 38.7 Å². The lowest BCUT2D eigenvalue weighted by Gasteiger charge is -2.22. The minimum atomic E-state index is -0.613. The molecule has 0 aromatic heterocycles. The fourth-order valence-corrected chi connectivity index (χ4v) is 3.19. The van der Waals surface area contributed by atoms with Gasteiger partial charge in [0.15, 0.2) is 6.61 Å². The minimum absolute atomic E-state index is 0.0362. The first-order chi connectivity index (χ1) is 12.5. The summed E-state index contributed by atoms with van der Waals surface area (Å²) < 4.78 is 15.5. The third-order valence-electron chi connectivity index (χ3n) is 4.43. The second-order valence-corrected chi connectivity index (χ2v) is 6.09. The van der Waals surface area contributed by atoms with E-state index in [9.17, 15) is 9.59 Å². The molecular weight excluding hydrogens is 334 g/mol. The highest BCUT2D eigenvalue weighted by atomic mass is 16.5. The number of ether oxygens (including phenoxy) is 3. The average molecular weight is 355 g/mol. The van der Waals surface area contributed by atoms with Crippen molar-refractivity contribution in [1.82, 2.24) is 0 Å². The molecule has 1 amide bonds. The van der Waals surface area contributed by atoms with Gasteiger partial charge in [-0.15, -0.1) is 0 Å². The fraction of sp³-hybridized carbons (Fsp3) is 0.300. The van der Waals surface area contributed by atoms with Crippen molar-refractivity contribution in [3.63, 3.8) is 0 Å². The molecule has 0 bridgehead atoms. The summed E-state index contributed by atoms with van der Waals surface area (Å²) in [6.45, 7) is 1.65. The van der Waals surface area contributed by atoms with Crippen LogP contribution in [0.5, 0.6) is 11.5 Å². The van der Waals surface area contributed by atoms with Crippen molar-refractivity contribution in [2.75, 3.05) is 25.7 Å². The summed E-state index contributed by atoms with van der Waals surface area (Å²) >= 11 is 0. The van der Waals surface area contributed by atoms with E-state index in [-0.39, 0.29) is 24.1 Å². The molecule has 6 heteroatoms. The van der Waals surface area contributed by atoms with E-state index in [2.05, 4.69) is 0 Å². The van der Waals surface area contributed by atoms with Gasteiger partial charge in [-0.25, -0.2) is 4.79 Å². The number of carbonyl (C=O) groups is 2. The second-order valence-electron chi connectivity index (χ2n) is 6.09. The van der Waals surface area contributed by atoms with Gasteiger partial charge in [-0.2, -0.15) is 0 Å². The SMILES string of the molecule is COc1ccc(C(=O)OCC(=O)N2c3ccccc3CC2C)c(OC)c1. The first-order valence-corrected chi connectivity index (χ1v) is 8.34. The third-order valence-corrected chi connectivity index (χ3v) is 4.43. The standard InChI is InChI=1S/C20H21NO5/c1-13-10-14-6-4-5-7-17(14)21(13)19(22)12-26-20(23)16-9-8-15(24-2)11-18(16)25-3/h4-9,11,13H,10,12H2,1-3H3. The van der Waals surface area contributed by atoms with Crippen molar-refractivity contribution in [2.45, 2.75) is 19.4 Å². The molecule has 2 aromatic carbocycles. The Morgan fingerprint density at radius 3 is 2.62 bits per heavy atom. The van der Waals surface area contributed by atoms with E-state index < -0.39 is 5.97 Å². The summed E-state index contributed by atoms with van der Waals surface area (Å²) in [6.07, 6.45) is 0.794. The Labute approximate surface area is 152 Å². The Bertz CT molecular complexity index is 833. The van der Waals surface area contributed by atoms with Crippen LogP contribution in [0, 0.1) is 0 Å². The predicted molar refractivity (Wildman–Crippen MR) is 96.9 cm³/mol. The molecule has 1 aliphatic heterocycles. The fourth-order valence-electron chi connectivity index (χ4n) is 3.19. The number of benzene rings is 2. The van der Waals surface area contributed by atoms with Gasteiger partial charge in [0.05, 0.1) is 14.2 Å². The van der Waals surface area contributed by atoms with Gasteiger partial charge in [-0.05, 0) is 37.1 Å². The van der Waals surface area contributed by atoms with E-state index in [1.54, 1.807) is 23.1 Å². The monoisotopic (exact) mass is 355 g/mol. The Hall–Kier alpha value is -3.02. The molecule has 0 saturated carbocycles. The Morgan fingerprint density at radius 2 is 1.88 bits per heavy atom. The summed E-state index contributed by atoms with van der Waals surface area (Å²) in [4.78, 5) is 26.7. The van der Waals surface area contributed by atoms with Crippen LogP contribution in [0.25, 0.3) is 0 Å². The van der Waals surface area contributed by atoms with Gasteiger partial charge in [-0.1, -0.05) is 18.2 Å². The van der Waals surface area contributed by atoms with E-state index in [4.69, 9.17) is 14.2 Å². The smallest absolute Gasteiger partial charge is 0.342 e. The van der Waals surface area contributed by atoms with E-state index in [1.807, 2.05) is 31.2 Å². The molecule has 6 nitrogen and oxygen atoms in total. The lowest BCUT2D eigenvalue weighted by Crippen LogP contribution is -2.38. The molecule has 26 heavy (non-hydrogen) atoms. The van der Waals surface area contributed by atoms with Crippen LogP contribution in [0.4, 0.5) is 5.69 Å². The number of methoxy groups -OCH3 is 2. The van der Waals surface area contributed by atoms with Crippen molar-refractivity contribution in [2.24, 2.45) is 0 Å². The highest BCUT2D eigenvalue weighted by Gasteiger charge is 2.31. The number of carbonyl (C=O) groups excluding carboxylic acids is 2. The topological polar surface area (TPSA) is 65.1 Å². The summed E-state index contributed by atoms with van der Waals surface area (Å²) in [7, 11) is 2.99. The van der Waals surface area contributed by atoms with E-state index in [0.717, 1.165) is 17.7 Å². The number of nitrogens with zero attached hydrogens (tertiary/aromatic N) is 1. The maximum Gasteiger partial charge on any atom is 0.342 e. The number of rotatable bonds is 5. The van der Waals surface area contributed by atoms with Crippen molar-refractivity contribution in [3.05, 3.63) is 53.6 Å². The highest BCUT2D eigenvalue weighted by Crippen LogP contribution is 2.32. The second kappa shape index (κ2) is 7.47. The van der Waals surface area contributed by atoms with Crippen molar-refractivity contribution in [1.29, 1.82) is 0 Å². The zero-order valence-corrected chi connectivity index (χ0v) is 15.0. The van der Waals surface area contributed by atoms with Crippen LogP contribution < -0.4 is 14.4 Å². The lowest BCUT2D eigenvalue weighted by atomic mass is 10.1. The Kier molecular flexibility index (Phi) is 5.11. The summed E-state index contributed by atoms with van der Waals surface area (Å²) in [5, 5.41) is 0. The zero-order chi connectivity index (χ0) is 18.7. The predicted octanol–water partition coefficient (Wildman–Crippen LogP) is 2.84. The van der Waals surface area contributed by atoms with Crippen LogP contribution in [-0.2, 0) is 16.0 Å². The van der Waals surface area contributed by atoms with E-state index in [1.165, 1.54) is 14.2 Å². The van der Waals surface area contributed by atoms with Crippen molar-refractivity contribution in [3.8, 4) is 11.5 Å². The molecule has 1 heterocycles. The molecule has 1 atom stereocenters. The largest absolute Gasteiger partial charge is 0.497 e. The number of anilines is 1. The maximum atomic E-state index is 12.6. The van der Waals surface area contributed by atoms with Gasteiger partial charge in [0, 0.05) is 17.8 Å². The number of amides is 1.